The minimum atomic E-state index is -0.354. The standard InChI is InChI=1S/C12H15ClO2S2/c1-4-15-12(14)8-5-6-10(17-3)9(7-16-2)11(8)13/h5-6H,4,7H2,1-3H3. The third kappa shape index (κ3) is 3.57. The van der Waals surface area contributed by atoms with Crippen molar-refractivity contribution in [2.75, 3.05) is 19.1 Å². The lowest BCUT2D eigenvalue weighted by Gasteiger charge is -2.12. The molecule has 5 heteroatoms. The first-order valence-corrected chi connectivity index (χ1v) is 8.16. The predicted molar refractivity (Wildman–Crippen MR) is 76.4 cm³/mol. The van der Waals surface area contributed by atoms with E-state index in [-0.39, 0.29) is 5.97 Å². The Kier molecular flexibility index (Phi) is 6.23. The Morgan fingerprint density at radius 3 is 2.65 bits per heavy atom. The van der Waals surface area contributed by atoms with Crippen LogP contribution < -0.4 is 0 Å². The number of thioether (sulfide) groups is 2. The van der Waals surface area contributed by atoms with E-state index in [1.54, 1.807) is 36.5 Å². The number of esters is 1. The van der Waals surface area contributed by atoms with Crippen molar-refractivity contribution in [1.29, 1.82) is 0 Å². The van der Waals surface area contributed by atoms with E-state index in [0.29, 0.717) is 17.2 Å². The van der Waals surface area contributed by atoms with Gasteiger partial charge in [-0.15, -0.1) is 11.8 Å². The molecule has 0 radical (unpaired) electrons. The lowest BCUT2D eigenvalue weighted by molar-refractivity contribution is 0.0526. The number of benzene rings is 1. The van der Waals surface area contributed by atoms with Crippen molar-refractivity contribution in [3.8, 4) is 0 Å². The number of rotatable bonds is 5. The fraction of sp³-hybridized carbons (Fsp3) is 0.417. The average molecular weight is 291 g/mol. The zero-order chi connectivity index (χ0) is 12.8. The maximum Gasteiger partial charge on any atom is 0.339 e. The molecule has 0 aromatic heterocycles. The SMILES string of the molecule is CCOC(=O)c1ccc(SC)c(CSC)c1Cl. The van der Waals surface area contributed by atoms with Gasteiger partial charge in [0.15, 0.2) is 0 Å². The van der Waals surface area contributed by atoms with Crippen LogP contribution in [0.4, 0.5) is 0 Å². The van der Waals surface area contributed by atoms with Crippen LogP contribution in [0, 0.1) is 0 Å². The number of halogens is 1. The molecule has 1 rings (SSSR count). The highest BCUT2D eigenvalue weighted by Gasteiger charge is 2.17. The molecule has 0 spiro atoms. The van der Waals surface area contributed by atoms with Gasteiger partial charge in [0.2, 0.25) is 0 Å². The van der Waals surface area contributed by atoms with Crippen molar-refractivity contribution in [3.05, 3.63) is 28.3 Å². The average Bonchev–Trinajstić information content (AvgIpc) is 2.32. The van der Waals surface area contributed by atoms with Crippen molar-refractivity contribution in [3.63, 3.8) is 0 Å². The van der Waals surface area contributed by atoms with Gasteiger partial charge in [-0.1, -0.05) is 11.6 Å². The molecule has 0 unspecified atom stereocenters. The Morgan fingerprint density at radius 2 is 2.12 bits per heavy atom. The molecule has 17 heavy (non-hydrogen) atoms. The van der Waals surface area contributed by atoms with Crippen molar-refractivity contribution < 1.29 is 9.53 Å². The van der Waals surface area contributed by atoms with Gasteiger partial charge in [0.05, 0.1) is 17.2 Å². The molecule has 0 aliphatic rings. The molecule has 0 N–H and O–H groups in total. The Morgan fingerprint density at radius 1 is 1.41 bits per heavy atom. The highest BCUT2D eigenvalue weighted by molar-refractivity contribution is 7.99. The smallest absolute Gasteiger partial charge is 0.339 e. The molecule has 0 saturated carbocycles. The molecular weight excluding hydrogens is 276 g/mol. The Labute approximate surface area is 115 Å². The van der Waals surface area contributed by atoms with Gasteiger partial charge in [-0.3, -0.25) is 0 Å². The summed E-state index contributed by atoms with van der Waals surface area (Å²) in [5.74, 6) is 0.440. The van der Waals surface area contributed by atoms with Gasteiger partial charge in [-0.05, 0) is 37.1 Å². The first kappa shape index (κ1) is 14.7. The zero-order valence-corrected chi connectivity index (χ0v) is 12.5. The Hall–Kier alpha value is -0.320. The Bertz CT molecular complexity index is 408. The van der Waals surface area contributed by atoms with Gasteiger partial charge in [-0.2, -0.15) is 11.8 Å². The van der Waals surface area contributed by atoms with Crippen LogP contribution >= 0.6 is 35.1 Å². The fourth-order valence-electron chi connectivity index (χ4n) is 1.44. The maximum absolute atomic E-state index is 11.7. The summed E-state index contributed by atoms with van der Waals surface area (Å²) in [4.78, 5) is 12.8. The summed E-state index contributed by atoms with van der Waals surface area (Å²) in [6.45, 7) is 2.14. The number of hydrogen-bond acceptors (Lipinski definition) is 4. The molecule has 0 aliphatic heterocycles. The predicted octanol–water partition coefficient (Wildman–Crippen LogP) is 4.10. The van der Waals surface area contributed by atoms with Crippen LogP contribution in [-0.2, 0) is 10.5 Å². The number of carbonyl (C=O) groups excluding carboxylic acids is 1. The second-order valence-electron chi connectivity index (χ2n) is 3.26. The summed E-state index contributed by atoms with van der Waals surface area (Å²) in [7, 11) is 0. The third-order valence-corrected chi connectivity index (χ3v) is 4.04. The second kappa shape index (κ2) is 7.19. The van der Waals surface area contributed by atoms with Crippen LogP contribution in [0.2, 0.25) is 5.02 Å². The fourth-order valence-corrected chi connectivity index (χ4v) is 3.19. The van der Waals surface area contributed by atoms with Crippen LogP contribution in [0.5, 0.6) is 0 Å². The Balaban J connectivity index is 3.17. The quantitative estimate of drug-likeness (QED) is 0.602. The first-order valence-electron chi connectivity index (χ1n) is 5.17. The van der Waals surface area contributed by atoms with Gasteiger partial charge in [0.1, 0.15) is 0 Å². The van der Waals surface area contributed by atoms with E-state index in [2.05, 4.69) is 0 Å². The molecule has 94 valence electrons. The molecule has 0 aliphatic carbocycles. The van der Waals surface area contributed by atoms with Crippen molar-refractivity contribution in [2.24, 2.45) is 0 Å². The molecule has 1 aromatic carbocycles. The largest absolute Gasteiger partial charge is 0.462 e. The normalized spacial score (nSPS) is 10.4. The van der Waals surface area contributed by atoms with Gasteiger partial charge in [0.25, 0.3) is 0 Å². The lowest BCUT2D eigenvalue weighted by atomic mass is 10.1. The van der Waals surface area contributed by atoms with Gasteiger partial charge in [0, 0.05) is 10.6 Å². The lowest BCUT2D eigenvalue weighted by Crippen LogP contribution is -2.07. The van der Waals surface area contributed by atoms with E-state index in [4.69, 9.17) is 16.3 Å². The number of carbonyl (C=O) groups is 1. The maximum atomic E-state index is 11.7. The van der Waals surface area contributed by atoms with E-state index in [1.807, 2.05) is 18.6 Å². The minimum Gasteiger partial charge on any atom is -0.462 e. The summed E-state index contributed by atoms with van der Waals surface area (Å²) in [5.41, 5.74) is 1.47. The summed E-state index contributed by atoms with van der Waals surface area (Å²) in [6, 6.07) is 3.66. The highest BCUT2D eigenvalue weighted by Crippen LogP contribution is 2.33. The minimum absolute atomic E-state index is 0.354. The molecule has 0 heterocycles. The number of hydrogen-bond donors (Lipinski definition) is 0. The molecule has 0 fully saturated rings. The molecule has 0 atom stereocenters. The summed E-state index contributed by atoms with van der Waals surface area (Å²) >= 11 is 9.59. The zero-order valence-electron chi connectivity index (χ0n) is 10.1. The third-order valence-electron chi connectivity index (χ3n) is 2.20. The molecule has 0 saturated heterocycles. The van der Waals surface area contributed by atoms with Gasteiger partial charge >= 0.3 is 5.97 Å². The summed E-state index contributed by atoms with van der Waals surface area (Å²) in [6.07, 6.45) is 4.01. The summed E-state index contributed by atoms with van der Waals surface area (Å²) in [5, 5.41) is 0.518. The second-order valence-corrected chi connectivity index (χ2v) is 5.35. The molecule has 1 aromatic rings. The first-order chi connectivity index (χ1) is 8.15. The van der Waals surface area contributed by atoms with E-state index >= 15 is 0 Å². The summed E-state index contributed by atoms with van der Waals surface area (Å²) < 4.78 is 4.98. The van der Waals surface area contributed by atoms with Crippen LogP contribution in [-0.4, -0.2) is 25.1 Å². The van der Waals surface area contributed by atoms with E-state index in [0.717, 1.165) is 16.2 Å². The van der Waals surface area contributed by atoms with Crippen molar-refractivity contribution >= 4 is 41.1 Å². The van der Waals surface area contributed by atoms with Gasteiger partial charge < -0.3 is 4.74 Å². The highest BCUT2D eigenvalue weighted by atomic mass is 35.5. The topological polar surface area (TPSA) is 26.3 Å². The van der Waals surface area contributed by atoms with Crippen LogP contribution in [0.3, 0.4) is 0 Å². The van der Waals surface area contributed by atoms with Crippen LogP contribution in [0.15, 0.2) is 17.0 Å². The van der Waals surface area contributed by atoms with Crippen LogP contribution in [0.1, 0.15) is 22.8 Å². The molecule has 0 amide bonds. The van der Waals surface area contributed by atoms with E-state index < -0.39 is 0 Å². The van der Waals surface area contributed by atoms with Crippen molar-refractivity contribution in [1.82, 2.24) is 0 Å². The monoisotopic (exact) mass is 290 g/mol. The molecule has 0 bridgehead atoms. The number of ether oxygens (including phenoxy) is 1. The van der Waals surface area contributed by atoms with Gasteiger partial charge in [-0.25, -0.2) is 4.79 Å². The van der Waals surface area contributed by atoms with Crippen molar-refractivity contribution in [2.45, 2.75) is 17.6 Å². The van der Waals surface area contributed by atoms with Crippen LogP contribution in [0.25, 0.3) is 0 Å². The molecular formula is C12H15ClO2S2. The van der Waals surface area contributed by atoms with E-state index in [1.165, 1.54) is 0 Å². The molecule has 2 nitrogen and oxygen atoms in total. The van der Waals surface area contributed by atoms with E-state index in [9.17, 15) is 4.79 Å².